The predicted octanol–water partition coefficient (Wildman–Crippen LogP) is 4.66. The summed E-state index contributed by atoms with van der Waals surface area (Å²) < 4.78 is 59.0. The molecule has 1 aliphatic carbocycles. The number of nitrogens with one attached hydrogen (secondary N) is 1. The second kappa shape index (κ2) is 8.08. The summed E-state index contributed by atoms with van der Waals surface area (Å²) in [4.78, 5) is 0. The lowest BCUT2D eigenvalue weighted by molar-refractivity contribution is 0.0963. The van der Waals surface area contributed by atoms with E-state index < -0.39 is 28.3 Å². The van der Waals surface area contributed by atoms with Gasteiger partial charge in [0.15, 0.2) is 11.6 Å². The highest BCUT2D eigenvalue weighted by Crippen LogP contribution is 2.64. The van der Waals surface area contributed by atoms with Crippen molar-refractivity contribution in [3.63, 3.8) is 0 Å². The zero-order valence-electron chi connectivity index (χ0n) is 16.1. The Labute approximate surface area is 170 Å². The number of rotatable bonds is 8. The van der Waals surface area contributed by atoms with E-state index in [0.717, 1.165) is 16.4 Å². The van der Waals surface area contributed by atoms with Gasteiger partial charge in [-0.25, -0.2) is 13.1 Å². The fourth-order valence-corrected chi connectivity index (χ4v) is 5.33. The summed E-state index contributed by atoms with van der Waals surface area (Å²) in [5, 5.41) is 3.40. The molecule has 6 nitrogen and oxygen atoms in total. The van der Waals surface area contributed by atoms with E-state index in [1.54, 1.807) is 31.4 Å². The fourth-order valence-electron chi connectivity index (χ4n) is 3.53. The number of fused-ring (bicyclic) bond motifs is 1. The summed E-state index contributed by atoms with van der Waals surface area (Å²) >= 11 is 0. The van der Waals surface area contributed by atoms with Gasteiger partial charge in [-0.15, -0.1) is 0 Å². The molecule has 2 aliphatic rings. The number of halogens is 2. The van der Waals surface area contributed by atoms with E-state index >= 15 is 0 Å². The molecule has 158 valence electrons. The highest BCUT2D eigenvalue weighted by molar-refractivity contribution is 8.27. The predicted molar refractivity (Wildman–Crippen MR) is 112 cm³/mol. The Bertz CT molecular complexity index is 862. The van der Waals surface area contributed by atoms with Crippen molar-refractivity contribution in [2.24, 2.45) is 0 Å². The van der Waals surface area contributed by atoms with Gasteiger partial charge in [0.05, 0.1) is 17.5 Å². The number of para-hydroxylation sites is 3. The summed E-state index contributed by atoms with van der Waals surface area (Å²) in [5.41, 5.74) is 0.392. The van der Waals surface area contributed by atoms with Crippen LogP contribution < -0.4 is 13.9 Å². The molecule has 3 N–H and O–H groups in total. The molecule has 4 rings (SSSR count). The Morgan fingerprint density at radius 3 is 2.38 bits per heavy atom. The average Bonchev–Trinajstić information content (AvgIpc) is 3.49. The lowest BCUT2D eigenvalue weighted by atomic mass is 10.2. The Hall–Kier alpha value is -1.91. The Kier molecular flexibility index (Phi) is 5.67. The standard InChI is InChI=1S/C20H25F2N3O3S/c1-28-15(13-23-14-9-10-14)11-12-24-18-7-2-3-8-19(18)25(29(24,26)27)20-16(21)5-4-6-17(20)22/h2-8,14-15,23,26-27H,9-13H2,1H3/t15-/m0/s1. The van der Waals surface area contributed by atoms with Crippen molar-refractivity contribution in [1.82, 2.24) is 5.32 Å². The van der Waals surface area contributed by atoms with Crippen molar-refractivity contribution >= 4 is 28.0 Å². The highest BCUT2D eigenvalue weighted by Gasteiger charge is 2.43. The van der Waals surface area contributed by atoms with Gasteiger partial charge in [0.1, 0.15) is 5.69 Å². The van der Waals surface area contributed by atoms with Gasteiger partial charge in [0, 0.05) is 26.2 Å². The van der Waals surface area contributed by atoms with Crippen molar-refractivity contribution in [2.75, 3.05) is 28.8 Å². The molecule has 0 aromatic heterocycles. The Morgan fingerprint density at radius 2 is 1.76 bits per heavy atom. The highest BCUT2D eigenvalue weighted by atomic mass is 32.3. The number of anilines is 3. The Morgan fingerprint density at radius 1 is 1.10 bits per heavy atom. The van der Waals surface area contributed by atoms with Crippen LogP contribution in [0.3, 0.4) is 0 Å². The average molecular weight is 426 g/mol. The van der Waals surface area contributed by atoms with Crippen molar-refractivity contribution in [1.29, 1.82) is 0 Å². The first-order valence-corrected chi connectivity index (χ1v) is 11.0. The lowest BCUT2D eigenvalue weighted by Crippen LogP contribution is -2.36. The third kappa shape index (κ3) is 3.93. The van der Waals surface area contributed by atoms with Gasteiger partial charge in [0.25, 0.3) is 0 Å². The van der Waals surface area contributed by atoms with Gasteiger partial charge in [0.2, 0.25) is 0 Å². The van der Waals surface area contributed by atoms with E-state index in [-0.39, 0.29) is 12.6 Å². The quantitative estimate of drug-likeness (QED) is 0.572. The number of hydrogen-bond acceptors (Lipinski definition) is 6. The van der Waals surface area contributed by atoms with E-state index in [1.165, 1.54) is 23.2 Å². The third-order valence-electron chi connectivity index (χ3n) is 5.25. The molecule has 1 fully saturated rings. The van der Waals surface area contributed by atoms with Crippen LogP contribution in [-0.4, -0.2) is 41.5 Å². The number of hydrogen-bond donors (Lipinski definition) is 3. The number of ether oxygens (including phenoxy) is 1. The molecular formula is C20H25F2N3O3S. The minimum absolute atomic E-state index is 0.114. The second-order valence-corrected chi connectivity index (χ2v) is 9.06. The zero-order chi connectivity index (χ0) is 20.6. The first kappa shape index (κ1) is 20.4. The van der Waals surface area contributed by atoms with Crippen molar-refractivity contribution in [2.45, 2.75) is 31.4 Å². The maximum atomic E-state index is 14.5. The van der Waals surface area contributed by atoms with E-state index in [1.807, 2.05) is 0 Å². The second-order valence-electron chi connectivity index (χ2n) is 7.27. The van der Waals surface area contributed by atoms with Gasteiger partial charge >= 0.3 is 0 Å². The molecule has 1 saturated carbocycles. The molecule has 1 atom stereocenters. The molecule has 1 aliphatic heterocycles. The molecule has 1 heterocycles. The number of nitrogens with zero attached hydrogens (tertiary/aromatic N) is 2. The summed E-state index contributed by atoms with van der Waals surface area (Å²) in [6.07, 6.45) is 2.74. The fraction of sp³-hybridized carbons (Fsp3) is 0.400. The molecule has 2 aromatic rings. The molecule has 0 saturated heterocycles. The summed E-state index contributed by atoms with van der Waals surface area (Å²) in [6.45, 7) is 0.929. The van der Waals surface area contributed by atoms with Gasteiger partial charge in [-0.3, -0.25) is 13.4 Å². The van der Waals surface area contributed by atoms with E-state index in [4.69, 9.17) is 4.74 Å². The van der Waals surface area contributed by atoms with E-state index in [0.29, 0.717) is 30.4 Å². The van der Waals surface area contributed by atoms with Crippen LogP contribution in [-0.2, 0) is 4.74 Å². The Balaban J connectivity index is 1.61. The molecule has 2 aromatic carbocycles. The van der Waals surface area contributed by atoms with Crippen molar-refractivity contribution in [3.05, 3.63) is 54.1 Å². The zero-order valence-corrected chi connectivity index (χ0v) is 16.9. The summed E-state index contributed by atoms with van der Waals surface area (Å²) in [6, 6.07) is 10.8. The third-order valence-corrected chi connectivity index (χ3v) is 7.09. The van der Waals surface area contributed by atoms with Crippen LogP contribution in [0.4, 0.5) is 25.8 Å². The van der Waals surface area contributed by atoms with E-state index in [2.05, 4.69) is 5.32 Å². The SMILES string of the molecule is CO[C@@H](CCN1c2ccccc2N(c2c(F)cccc2F)S1(O)O)CNC1CC1. The molecule has 0 spiro atoms. The number of methoxy groups -OCH3 is 1. The molecular weight excluding hydrogens is 400 g/mol. The largest absolute Gasteiger partial charge is 0.380 e. The van der Waals surface area contributed by atoms with Gasteiger partial charge in [-0.05, 0) is 54.5 Å². The topological polar surface area (TPSA) is 68.2 Å². The monoisotopic (exact) mass is 425 g/mol. The van der Waals surface area contributed by atoms with Crippen LogP contribution in [0.2, 0.25) is 0 Å². The normalized spacial score (nSPS) is 19.9. The van der Waals surface area contributed by atoms with Gasteiger partial charge < -0.3 is 10.1 Å². The molecule has 0 unspecified atom stereocenters. The van der Waals surface area contributed by atoms with Crippen molar-refractivity contribution < 1.29 is 22.6 Å². The minimum Gasteiger partial charge on any atom is -0.380 e. The number of benzene rings is 2. The smallest absolute Gasteiger partial charge is 0.151 e. The maximum Gasteiger partial charge on any atom is 0.151 e. The molecule has 29 heavy (non-hydrogen) atoms. The van der Waals surface area contributed by atoms with Crippen molar-refractivity contribution in [3.8, 4) is 0 Å². The first-order chi connectivity index (χ1) is 13.9. The van der Waals surface area contributed by atoms with Gasteiger partial charge in [-0.2, -0.15) is 0 Å². The van der Waals surface area contributed by atoms with Crippen LogP contribution in [0.5, 0.6) is 0 Å². The van der Waals surface area contributed by atoms with E-state index in [9.17, 15) is 17.9 Å². The maximum absolute atomic E-state index is 14.5. The van der Waals surface area contributed by atoms with Crippen LogP contribution in [0.25, 0.3) is 0 Å². The minimum atomic E-state index is -3.70. The molecule has 0 bridgehead atoms. The van der Waals surface area contributed by atoms with Crippen LogP contribution >= 0.6 is 11.0 Å². The van der Waals surface area contributed by atoms with Crippen LogP contribution in [0, 0.1) is 11.6 Å². The van der Waals surface area contributed by atoms with Crippen LogP contribution in [0.15, 0.2) is 42.5 Å². The first-order valence-electron chi connectivity index (χ1n) is 9.59. The molecule has 0 radical (unpaired) electrons. The lowest BCUT2D eigenvalue weighted by Gasteiger charge is -2.44. The molecule has 9 heteroatoms. The van der Waals surface area contributed by atoms with Gasteiger partial charge in [-0.1, -0.05) is 18.2 Å². The summed E-state index contributed by atoms with van der Waals surface area (Å²) in [7, 11) is -2.08. The van der Waals surface area contributed by atoms with Crippen LogP contribution in [0.1, 0.15) is 19.3 Å². The summed E-state index contributed by atoms with van der Waals surface area (Å²) in [5.74, 6) is -1.71. The molecule has 0 amide bonds.